The zero-order valence-corrected chi connectivity index (χ0v) is 17.9. The van der Waals surface area contributed by atoms with E-state index in [0.717, 1.165) is 76.6 Å². The van der Waals surface area contributed by atoms with E-state index in [2.05, 4.69) is 23.1 Å². The quantitative estimate of drug-likeness (QED) is 0.764. The number of rotatable bonds is 4. The van der Waals surface area contributed by atoms with Gasteiger partial charge in [-0.25, -0.2) is 0 Å². The Labute approximate surface area is 183 Å². The molecule has 6 nitrogen and oxygen atoms in total. The van der Waals surface area contributed by atoms with Crippen LogP contribution in [-0.2, 0) is 17.8 Å². The Balaban J connectivity index is 1.16. The highest BCUT2D eigenvalue weighted by atomic mass is 16.5. The van der Waals surface area contributed by atoms with Crippen molar-refractivity contribution in [3.05, 3.63) is 59.2 Å². The molecule has 0 atom stereocenters. The lowest BCUT2D eigenvalue weighted by Crippen LogP contribution is -2.48. The smallest absolute Gasteiger partial charge is 0.253 e. The van der Waals surface area contributed by atoms with Crippen molar-refractivity contribution in [2.75, 3.05) is 44.2 Å². The molecule has 2 fully saturated rings. The van der Waals surface area contributed by atoms with Gasteiger partial charge in [0.2, 0.25) is 5.91 Å². The van der Waals surface area contributed by atoms with Gasteiger partial charge in [0.25, 0.3) is 5.91 Å². The van der Waals surface area contributed by atoms with Crippen molar-refractivity contribution in [2.45, 2.75) is 32.2 Å². The molecular weight excluding hydrogens is 390 g/mol. The number of fused-ring (bicyclic) bond motifs is 1. The molecule has 5 rings (SSSR count). The van der Waals surface area contributed by atoms with Gasteiger partial charge in [0, 0.05) is 63.4 Å². The van der Waals surface area contributed by atoms with Crippen molar-refractivity contribution in [1.29, 1.82) is 0 Å². The Morgan fingerprint density at radius 2 is 1.71 bits per heavy atom. The lowest BCUT2D eigenvalue weighted by molar-refractivity contribution is -0.119. The van der Waals surface area contributed by atoms with Gasteiger partial charge in [-0.3, -0.25) is 14.5 Å². The van der Waals surface area contributed by atoms with E-state index in [1.165, 1.54) is 11.1 Å². The number of ether oxygens (including phenoxy) is 1. The molecule has 3 aliphatic rings. The largest absolute Gasteiger partial charge is 0.493 e. The molecule has 0 spiro atoms. The first kappa shape index (κ1) is 20.1. The van der Waals surface area contributed by atoms with E-state index in [9.17, 15) is 9.59 Å². The van der Waals surface area contributed by atoms with Crippen LogP contribution in [0.5, 0.6) is 5.75 Å². The SMILES string of the molecule is O=C(c1ccc(N2CCCCC2=O)cc1)N1CCN(Cc2ccc3c(c2)CCO3)CC1. The van der Waals surface area contributed by atoms with Gasteiger partial charge in [-0.15, -0.1) is 0 Å². The molecule has 2 amide bonds. The molecule has 31 heavy (non-hydrogen) atoms. The van der Waals surface area contributed by atoms with E-state index in [-0.39, 0.29) is 11.8 Å². The van der Waals surface area contributed by atoms with Crippen LogP contribution in [-0.4, -0.2) is 60.9 Å². The molecule has 2 aromatic carbocycles. The number of piperidine rings is 1. The summed E-state index contributed by atoms with van der Waals surface area (Å²) in [5.41, 5.74) is 4.21. The molecular formula is C25H29N3O3. The summed E-state index contributed by atoms with van der Waals surface area (Å²) in [6, 6.07) is 14.0. The highest BCUT2D eigenvalue weighted by molar-refractivity contribution is 5.97. The zero-order valence-electron chi connectivity index (χ0n) is 17.9. The lowest BCUT2D eigenvalue weighted by atomic mass is 10.1. The van der Waals surface area contributed by atoms with Crippen molar-refractivity contribution in [3.8, 4) is 5.75 Å². The maximum atomic E-state index is 13.0. The van der Waals surface area contributed by atoms with Gasteiger partial charge in [-0.1, -0.05) is 12.1 Å². The normalized spacial score (nSPS) is 19.3. The Morgan fingerprint density at radius 3 is 2.48 bits per heavy atom. The fourth-order valence-electron chi connectivity index (χ4n) is 4.75. The number of carbonyl (C=O) groups excluding carboxylic acids is 2. The lowest BCUT2D eigenvalue weighted by Gasteiger charge is -2.35. The summed E-state index contributed by atoms with van der Waals surface area (Å²) in [7, 11) is 0. The number of amides is 2. The van der Waals surface area contributed by atoms with Gasteiger partial charge in [-0.2, -0.15) is 0 Å². The molecule has 6 heteroatoms. The number of hydrogen-bond acceptors (Lipinski definition) is 4. The van der Waals surface area contributed by atoms with Crippen molar-refractivity contribution in [2.24, 2.45) is 0 Å². The first-order chi connectivity index (χ1) is 15.2. The zero-order chi connectivity index (χ0) is 21.2. The fraction of sp³-hybridized carbons (Fsp3) is 0.440. The third-order valence-electron chi connectivity index (χ3n) is 6.57. The van der Waals surface area contributed by atoms with Gasteiger partial charge < -0.3 is 14.5 Å². The van der Waals surface area contributed by atoms with Crippen LogP contribution in [0.3, 0.4) is 0 Å². The van der Waals surface area contributed by atoms with Crippen LogP contribution in [0.1, 0.15) is 40.7 Å². The van der Waals surface area contributed by atoms with E-state index in [1.54, 1.807) is 0 Å². The Hall–Kier alpha value is -2.86. The van der Waals surface area contributed by atoms with Crippen molar-refractivity contribution in [1.82, 2.24) is 9.80 Å². The van der Waals surface area contributed by atoms with Gasteiger partial charge in [0.15, 0.2) is 0 Å². The van der Waals surface area contributed by atoms with Crippen LogP contribution < -0.4 is 9.64 Å². The summed E-state index contributed by atoms with van der Waals surface area (Å²) in [5, 5.41) is 0. The molecule has 0 unspecified atom stereocenters. The highest BCUT2D eigenvalue weighted by Gasteiger charge is 2.24. The van der Waals surface area contributed by atoms with Gasteiger partial charge >= 0.3 is 0 Å². The summed E-state index contributed by atoms with van der Waals surface area (Å²) in [6.07, 6.45) is 3.62. The molecule has 162 valence electrons. The first-order valence-electron chi connectivity index (χ1n) is 11.3. The maximum Gasteiger partial charge on any atom is 0.253 e. The average Bonchev–Trinajstić information content (AvgIpc) is 3.28. The molecule has 2 saturated heterocycles. The predicted molar refractivity (Wildman–Crippen MR) is 119 cm³/mol. The average molecular weight is 420 g/mol. The predicted octanol–water partition coefficient (Wildman–Crippen LogP) is 3.10. The van der Waals surface area contributed by atoms with Gasteiger partial charge in [0.1, 0.15) is 5.75 Å². The molecule has 3 aliphatic heterocycles. The van der Waals surface area contributed by atoms with E-state index < -0.39 is 0 Å². The van der Waals surface area contributed by atoms with Crippen LogP contribution in [0.25, 0.3) is 0 Å². The van der Waals surface area contributed by atoms with Crippen LogP contribution in [0.2, 0.25) is 0 Å². The van der Waals surface area contributed by atoms with Gasteiger partial charge in [-0.05, 0) is 54.3 Å². The minimum atomic E-state index is 0.0749. The Kier molecular flexibility index (Phi) is 5.64. The van der Waals surface area contributed by atoms with Crippen LogP contribution in [0.15, 0.2) is 42.5 Å². The second-order valence-corrected chi connectivity index (χ2v) is 8.66. The molecule has 0 bridgehead atoms. The summed E-state index contributed by atoms with van der Waals surface area (Å²) < 4.78 is 5.60. The van der Waals surface area contributed by atoms with E-state index >= 15 is 0 Å². The van der Waals surface area contributed by atoms with E-state index in [1.807, 2.05) is 34.1 Å². The van der Waals surface area contributed by atoms with Gasteiger partial charge in [0.05, 0.1) is 6.61 Å². The second kappa shape index (κ2) is 8.71. The minimum absolute atomic E-state index is 0.0749. The Morgan fingerprint density at radius 1 is 0.903 bits per heavy atom. The minimum Gasteiger partial charge on any atom is -0.493 e. The summed E-state index contributed by atoms with van der Waals surface area (Å²) in [6.45, 7) is 5.69. The molecule has 0 radical (unpaired) electrons. The molecule has 0 N–H and O–H groups in total. The van der Waals surface area contributed by atoms with Crippen molar-refractivity contribution in [3.63, 3.8) is 0 Å². The fourth-order valence-corrected chi connectivity index (χ4v) is 4.75. The molecule has 3 heterocycles. The number of anilines is 1. The molecule has 2 aromatic rings. The molecule has 0 aliphatic carbocycles. The molecule has 0 aromatic heterocycles. The third-order valence-corrected chi connectivity index (χ3v) is 6.57. The number of carbonyl (C=O) groups is 2. The number of nitrogens with zero attached hydrogens (tertiary/aromatic N) is 3. The molecule has 0 saturated carbocycles. The van der Waals surface area contributed by atoms with Crippen LogP contribution in [0.4, 0.5) is 5.69 Å². The first-order valence-corrected chi connectivity index (χ1v) is 11.3. The number of piperazine rings is 1. The van der Waals surface area contributed by atoms with E-state index in [0.29, 0.717) is 12.0 Å². The summed E-state index contributed by atoms with van der Waals surface area (Å²) in [4.78, 5) is 31.3. The Bertz CT molecular complexity index is 964. The number of hydrogen-bond donors (Lipinski definition) is 0. The van der Waals surface area contributed by atoms with Crippen LogP contribution in [0, 0.1) is 0 Å². The maximum absolute atomic E-state index is 13.0. The number of benzene rings is 2. The summed E-state index contributed by atoms with van der Waals surface area (Å²) in [5.74, 6) is 1.28. The van der Waals surface area contributed by atoms with Crippen molar-refractivity contribution >= 4 is 17.5 Å². The monoisotopic (exact) mass is 419 g/mol. The topological polar surface area (TPSA) is 53.1 Å². The van der Waals surface area contributed by atoms with Crippen molar-refractivity contribution < 1.29 is 14.3 Å². The van der Waals surface area contributed by atoms with Crippen LogP contribution >= 0.6 is 0 Å². The highest BCUT2D eigenvalue weighted by Crippen LogP contribution is 2.27. The van der Waals surface area contributed by atoms with E-state index in [4.69, 9.17) is 4.74 Å². The second-order valence-electron chi connectivity index (χ2n) is 8.66. The summed E-state index contributed by atoms with van der Waals surface area (Å²) >= 11 is 0. The third kappa shape index (κ3) is 4.30. The standard InChI is InChI=1S/C25H29N3O3/c29-24-3-1-2-11-28(24)22-7-5-20(6-8-22)25(30)27-14-12-26(13-15-27)18-19-4-9-23-21(17-19)10-16-31-23/h4-9,17H,1-3,10-16,18H2.